The van der Waals surface area contributed by atoms with Gasteiger partial charge in [0.25, 0.3) is 0 Å². The number of carbonyl (C=O) groups excluding carboxylic acids is 1. The van der Waals surface area contributed by atoms with Gasteiger partial charge in [0.15, 0.2) is 0 Å². The van der Waals surface area contributed by atoms with Gasteiger partial charge in [-0.25, -0.2) is 4.57 Å². The maximum Gasteiger partial charge on any atom is 0.472 e. The molecule has 2 atom stereocenters. The quantitative estimate of drug-likeness (QED) is 0.0270. The molecular formula is C49H88NO7P. The standard InChI is InChI=1S/C49H88NO7P/c1-3-5-7-9-11-13-15-17-19-21-23-24-25-26-28-30-32-34-36-38-40-42-49(51)57-48(47-56-58(52,53)55-45-43-50)46-54-44-41-39-37-35-33-31-29-27-22-20-18-16-14-12-10-8-6-4-2/h6,8,12,14,18,20-21,23,27,29,33,35,48H,3-5,7,9-11,13,15-17,19,22,24-26,28,30-32,34,36-47,50H2,1-2H3,(H,52,53)/b8-6-,14-12-,20-18-,23-21-,29-27-,35-33-. The summed E-state index contributed by atoms with van der Waals surface area (Å²) in [6.07, 6.45) is 57.9. The SMILES string of the molecule is CC/C=C\C/C=C\C/C=C\C/C=C\C/C=C\CCCCOCC(COP(=O)(O)OCCN)OC(=O)CCCCCCCCCCC/C=C\CCCCCCCCCC. The van der Waals surface area contributed by atoms with Crippen LogP contribution in [0.25, 0.3) is 0 Å². The van der Waals surface area contributed by atoms with E-state index in [1.807, 2.05) is 0 Å². The number of nitrogens with two attached hydrogens (primary N) is 1. The zero-order chi connectivity index (χ0) is 42.3. The first-order valence-electron chi connectivity index (χ1n) is 23.4. The number of rotatable bonds is 44. The van der Waals surface area contributed by atoms with E-state index in [9.17, 15) is 14.3 Å². The average molecular weight is 834 g/mol. The summed E-state index contributed by atoms with van der Waals surface area (Å²) in [5.74, 6) is -0.349. The Kier molecular flexibility index (Phi) is 44.4. The molecule has 2 unspecified atom stereocenters. The highest BCUT2D eigenvalue weighted by molar-refractivity contribution is 7.47. The molecular weight excluding hydrogens is 746 g/mol. The van der Waals surface area contributed by atoms with Crippen molar-refractivity contribution in [3.8, 4) is 0 Å². The number of ether oxygens (including phenoxy) is 2. The highest BCUT2D eigenvalue weighted by Gasteiger charge is 2.25. The fourth-order valence-corrected chi connectivity index (χ4v) is 6.96. The lowest BCUT2D eigenvalue weighted by Gasteiger charge is -2.20. The van der Waals surface area contributed by atoms with Gasteiger partial charge in [-0.15, -0.1) is 0 Å². The van der Waals surface area contributed by atoms with Crippen molar-refractivity contribution in [2.75, 3.05) is 33.0 Å². The lowest BCUT2D eigenvalue weighted by molar-refractivity contribution is -0.154. The van der Waals surface area contributed by atoms with Gasteiger partial charge in [0.05, 0.1) is 19.8 Å². The van der Waals surface area contributed by atoms with Crippen LogP contribution in [0.2, 0.25) is 0 Å². The topological polar surface area (TPSA) is 117 Å². The molecule has 0 spiro atoms. The maximum absolute atomic E-state index is 12.6. The third-order valence-corrected chi connectivity index (χ3v) is 10.6. The molecule has 0 saturated carbocycles. The first-order valence-corrected chi connectivity index (χ1v) is 24.9. The van der Waals surface area contributed by atoms with Gasteiger partial charge in [-0.3, -0.25) is 13.8 Å². The van der Waals surface area contributed by atoms with Crippen LogP contribution >= 0.6 is 7.82 Å². The van der Waals surface area contributed by atoms with Crippen molar-refractivity contribution >= 4 is 13.8 Å². The minimum Gasteiger partial charge on any atom is -0.457 e. The minimum atomic E-state index is -4.30. The maximum atomic E-state index is 12.6. The van der Waals surface area contributed by atoms with Crippen LogP contribution in [0.3, 0.4) is 0 Å². The van der Waals surface area contributed by atoms with E-state index in [1.165, 1.54) is 103 Å². The number of carbonyl (C=O) groups is 1. The van der Waals surface area contributed by atoms with Crippen LogP contribution in [0.1, 0.15) is 194 Å². The van der Waals surface area contributed by atoms with Gasteiger partial charge in [0.1, 0.15) is 6.10 Å². The predicted octanol–water partition coefficient (Wildman–Crippen LogP) is 14.3. The largest absolute Gasteiger partial charge is 0.472 e. The van der Waals surface area contributed by atoms with Crippen molar-refractivity contribution in [1.82, 2.24) is 0 Å². The first-order chi connectivity index (χ1) is 28.4. The summed E-state index contributed by atoms with van der Waals surface area (Å²) < 4.78 is 33.4. The summed E-state index contributed by atoms with van der Waals surface area (Å²) >= 11 is 0. The van der Waals surface area contributed by atoms with E-state index in [2.05, 4.69) is 86.8 Å². The number of hydrogen-bond donors (Lipinski definition) is 2. The molecule has 0 aromatic carbocycles. The third-order valence-electron chi connectivity index (χ3n) is 9.61. The molecule has 0 heterocycles. The van der Waals surface area contributed by atoms with Gasteiger partial charge in [0, 0.05) is 19.6 Å². The molecule has 0 aliphatic rings. The molecule has 0 saturated heterocycles. The number of unbranched alkanes of at least 4 members (excludes halogenated alkanes) is 19. The van der Waals surface area contributed by atoms with Crippen LogP contribution in [0, 0.1) is 0 Å². The van der Waals surface area contributed by atoms with Crippen LogP contribution in [-0.2, 0) is 27.9 Å². The van der Waals surface area contributed by atoms with Crippen LogP contribution in [-0.4, -0.2) is 49.9 Å². The number of allylic oxidation sites excluding steroid dienone is 12. The smallest absolute Gasteiger partial charge is 0.457 e. The van der Waals surface area contributed by atoms with Crippen molar-refractivity contribution < 1.29 is 32.8 Å². The molecule has 0 aromatic rings. The van der Waals surface area contributed by atoms with Gasteiger partial charge in [-0.05, 0) is 83.5 Å². The fraction of sp³-hybridized carbons (Fsp3) is 0.735. The van der Waals surface area contributed by atoms with E-state index in [1.54, 1.807) is 0 Å². The van der Waals surface area contributed by atoms with Crippen molar-refractivity contribution in [3.05, 3.63) is 72.9 Å². The second-order valence-corrected chi connectivity index (χ2v) is 16.7. The van der Waals surface area contributed by atoms with Gasteiger partial charge in [0.2, 0.25) is 0 Å². The second kappa shape index (κ2) is 46.0. The molecule has 8 nitrogen and oxygen atoms in total. The van der Waals surface area contributed by atoms with E-state index in [-0.39, 0.29) is 32.3 Å². The Bertz CT molecular complexity index is 1120. The van der Waals surface area contributed by atoms with E-state index >= 15 is 0 Å². The molecule has 0 aromatic heterocycles. The molecule has 0 aliphatic carbocycles. The minimum absolute atomic E-state index is 0.0832. The average Bonchev–Trinajstić information content (AvgIpc) is 3.21. The van der Waals surface area contributed by atoms with E-state index in [0.29, 0.717) is 13.0 Å². The lowest BCUT2D eigenvalue weighted by atomic mass is 10.1. The van der Waals surface area contributed by atoms with Gasteiger partial charge >= 0.3 is 13.8 Å². The Morgan fingerprint density at radius 1 is 0.534 bits per heavy atom. The van der Waals surface area contributed by atoms with Crippen molar-refractivity contribution in [1.29, 1.82) is 0 Å². The predicted molar refractivity (Wildman–Crippen MR) is 247 cm³/mol. The number of phosphoric acid groups is 1. The summed E-state index contributed by atoms with van der Waals surface area (Å²) in [6.45, 7) is 4.69. The highest BCUT2D eigenvalue weighted by Crippen LogP contribution is 2.43. The molecule has 58 heavy (non-hydrogen) atoms. The summed E-state index contributed by atoms with van der Waals surface area (Å²) in [6, 6.07) is 0. The Balaban J connectivity index is 4.07. The summed E-state index contributed by atoms with van der Waals surface area (Å²) in [5, 5.41) is 0. The molecule has 9 heteroatoms. The molecule has 0 aliphatic heterocycles. The third kappa shape index (κ3) is 45.0. The van der Waals surface area contributed by atoms with Gasteiger partial charge in [-0.2, -0.15) is 0 Å². The van der Waals surface area contributed by atoms with Crippen LogP contribution < -0.4 is 5.73 Å². The van der Waals surface area contributed by atoms with Crippen molar-refractivity contribution in [3.63, 3.8) is 0 Å². The number of phosphoric ester groups is 1. The van der Waals surface area contributed by atoms with Crippen LogP contribution in [0.15, 0.2) is 72.9 Å². The van der Waals surface area contributed by atoms with Gasteiger partial charge < -0.3 is 20.1 Å². The van der Waals surface area contributed by atoms with Crippen molar-refractivity contribution in [2.24, 2.45) is 5.73 Å². The highest BCUT2D eigenvalue weighted by atomic mass is 31.2. The lowest BCUT2D eigenvalue weighted by Crippen LogP contribution is -2.28. The van der Waals surface area contributed by atoms with Gasteiger partial charge in [-0.1, -0.05) is 177 Å². The normalized spacial score (nSPS) is 14.1. The summed E-state index contributed by atoms with van der Waals surface area (Å²) in [5.41, 5.74) is 5.37. The van der Waals surface area contributed by atoms with E-state index in [0.717, 1.165) is 70.6 Å². The Morgan fingerprint density at radius 3 is 1.47 bits per heavy atom. The van der Waals surface area contributed by atoms with Crippen LogP contribution in [0.4, 0.5) is 0 Å². The Morgan fingerprint density at radius 2 is 0.966 bits per heavy atom. The molecule has 336 valence electrons. The van der Waals surface area contributed by atoms with E-state index < -0.39 is 13.9 Å². The number of hydrogen-bond acceptors (Lipinski definition) is 7. The van der Waals surface area contributed by atoms with E-state index in [4.69, 9.17) is 24.3 Å². The monoisotopic (exact) mass is 834 g/mol. The molecule has 0 rings (SSSR count). The van der Waals surface area contributed by atoms with Crippen molar-refractivity contribution in [2.45, 2.75) is 200 Å². The number of esters is 1. The molecule has 0 fully saturated rings. The second-order valence-electron chi connectivity index (χ2n) is 15.2. The fourth-order valence-electron chi connectivity index (χ4n) is 6.19. The Labute approximate surface area is 356 Å². The van der Waals surface area contributed by atoms with Crippen LogP contribution in [0.5, 0.6) is 0 Å². The zero-order valence-electron chi connectivity index (χ0n) is 37.3. The molecule has 3 N–H and O–H groups in total. The molecule has 0 radical (unpaired) electrons. The molecule has 0 amide bonds. The summed E-state index contributed by atoms with van der Waals surface area (Å²) in [4.78, 5) is 22.5. The zero-order valence-corrected chi connectivity index (χ0v) is 38.2. The first kappa shape index (κ1) is 55.9. The Hall–Kier alpha value is -2.06. The molecule has 0 bridgehead atoms. The summed E-state index contributed by atoms with van der Waals surface area (Å²) in [7, 11) is -4.30.